The molecule has 1 aromatic heterocycles. The summed E-state index contributed by atoms with van der Waals surface area (Å²) in [7, 11) is 0. The number of pyridine rings is 1. The van der Waals surface area contributed by atoms with Crippen LogP contribution in [0.2, 0.25) is 5.02 Å². The minimum Gasteiger partial charge on any atom is -0.341 e. The molecule has 6 heteroatoms. The van der Waals surface area contributed by atoms with E-state index in [0.29, 0.717) is 22.9 Å². The summed E-state index contributed by atoms with van der Waals surface area (Å²) in [5, 5.41) is 3.45. The van der Waals surface area contributed by atoms with Crippen LogP contribution >= 0.6 is 11.6 Å². The van der Waals surface area contributed by atoms with Gasteiger partial charge in [-0.15, -0.1) is 0 Å². The van der Waals surface area contributed by atoms with Crippen LogP contribution in [-0.4, -0.2) is 10.5 Å². The summed E-state index contributed by atoms with van der Waals surface area (Å²) >= 11 is 6.08. The largest absolute Gasteiger partial charge is 0.341 e. The lowest BCUT2D eigenvalue weighted by Gasteiger charge is -2.20. The highest BCUT2D eigenvalue weighted by Gasteiger charge is 2.23. The van der Waals surface area contributed by atoms with E-state index < -0.39 is 17.2 Å². The Bertz CT molecular complexity index is 1180. The van der Waals surface area contributed by atoms with Crippen LogP contribution in [-0.2, 0) is 19.4 Å². The lowest BCUT2D eigenvalue weighted by molar-refractivity contribution is 0.102. The molecular formula is C25H26ClFN2O2. The van der Waals surface area contributed by atoms with Crippen molar-refractivity contribution in [3.63, 3.8) is 0 Å². The van der Waals surface area contributed by atoms with Gasteiger partial charge in [0.25, 0.3) is 5.91 Å². The Kier molecular flexibility index (Phi) is 6.96. The third kappa shape index (κ3) is 4.57. The molecule has 0 aliphatic heterocycles. The van der Waals surface area contributed by atoms with Crippen LogP contribution in [0.15, 0.2) is 47.3 Å². The number of hydrogen-bond donors (Lipinski definition) is 1. The highest BCUT2D eigenvalue weighted by molar-refractivity contribution is 6.30. The summed E-state index contributed by atoms with van der Waals surface area (Å²) in [6.45, 7) is 7.50. The lowest BCUT2D eigenvalue weighted by Crippen LogP contribution is -2.30. The van der Waals surface area contributed by atoms with Gasteiger partial charge in [0.15, 0.2) is 5.82 Å². The van der Waals surface area contributed by atoms with Crippen molar-refractivity contribution in [1.29, 1.82) is 0 Å². The second-order valence-corrected chi connectivity index (χ2v) is 7.95. The predicted octanol–water partition coefficient (Wildman–Crippen LogP) is 5.68. The Morgan fingerprint density at radius 3 is 2.23 bits per heavy atom. The number of aryl methyl sites for hydroxylation is 2. The van der Waals surface area contributed by atoms with E-state index in [-0.39, 0.29) is 11.3 Å². The molecule has 0 fully saturated rings. The fourth-order valence-electron chi connectivity index (χ4n) is 3.84. The van der Waals surface area contributed by atoms with E-state index in [1.807, 2.05) is 44.2 Å². The molecule has 2 aromatic carbocycles. The number of carbonyl (C=O) groups excluding carboxylic acids is 1. The van der Waals surface area contributed by atoms with Gasteiger partial charge in [-0.25, -0.2) is 4.39 Å². The summed E-state index contributed by atoms with van der Waals surface area (Å²) < 4.78 is 16.5. The molecule has 162 valence electrons. The molecule has 0 spiro atoms. The fourth-order valence-corrected chi connectivity index (χ4v) is 4.06. The molecule has 0 aliphatic rings. The van der Waals surface area contributed by atoms with Gasteiger partial charge in [-0.2, -0.15) is 0 Å². The van der Waals surface area contributed by atoms with Crippen molar-refractivity contribution in [2.24, 2.45) is 0 Å². The highest BCUT2D eigenvalue weighted by Crippen LogP contribution is 2.24. The van der Waals surface area contributed by atoms with Gasteiger partial charge in [0.1, 0.15) is 5.56 Å². The molecule has 0 radical (unpaired) electrons. The third-order valence-corrected chi connectivity index (χ3v) is 5.84. The minimum absolute atomic E-state index is 0.182. The van der Waals surface area contributed by atoms with Gasteiger partial charge < -0.3 is 9.88 Å². The van der Waals surface area contributed by atoms with Gasteiger partial charge in [-0.05, 0) is 55.5 Å². The van der Waals surface area contributed by atoms with Gasteiger partial charge in [0.05, 0.1) is 5.69 Å². The summed E-state index contributed by atoms with van der Waals surface area (Å²) in [6.07, 6.45) is 1.45. The third-order valence-electron chi connectivity index (χ3n) is 5.61. The quantitative estimate of drug-likeness (QED) is 0.535. The van der Waals surface area contributed by atoms with E-state index in [9.17, 15) is 14.0 Å². The number of benzene rings is 2. The second kappa shape index (κ2) is 9.48. The van der Waals surface area contributed by atoms with Crippen molar-refractivity contribution >= 4 is 23.2 Å². The number of para-hydroxylation sites is 1. The Morgan fingerprint density at radius 2 is 1.65 bits per heavy atom. The average Bonchev–Trinajstić information content (AvgIpc) is 2.75. The molecular weight excluding hydrogens is 415 g/mol. The van der Waals surface area contributed by atoms with Crippen LogP contribution in [0, 0.1) is 19.7 Å². The average molecular weight is 441 g/mol. The SMILES string of the molecule is CCc1cccc(CC)c1NC(=O)c1c(C)n(Cc2cccc(Cl)c2)c(C)c(F)c1=O. The Labute approximate surface area is 186 Å². The molecule has 1 heterocycles. The van der Waals surface area contributed by atoms with Crippen molar-refractivity contribution in [3.05, 3.63) is 97.2 Å². The van der Waals surface area contributed by atoms with Gasteiger partial charge in [0.2, 0.25) is 5.43 Å². The summed E-state index contributed by atoms with van der Waals surface area (Å²) in [5.74, 6) is -1.52. The molecule has 0 saturated heterocycles. The zero-order valence-electron chi connectivity index (χ0n) is 18.2. The van der Waals surface area contributed by atoms with Crippen LogP contribution in [0.1, 0.15) is 52.3 Å². The van der Waals surface area contributed by atoms with E-state index in [4.69, 9.17) is 11.6 Å². The van der Waals surface area contributed by atoms with Gasteiger partial charge >= 0.3 is 0 Å². The molecule has 4 nitrogen and oxygen atoms in total. The van der Waals surface area contributed by atoms with Crippen LogP contribution in [0.4, 0.5) is 10.1 Å². The van der Waals surface area contributed by atoms with E-state index >= 15 is 0 Å². The molecule has 0 aliphatic carbocycles. The number of rotatable bonds is 6. The molecule has 3 rings (SSSR count). The lowest BCUT2D eigenvalue weighted by atomic mass is 10.0. The van der Waals surface area contributed by atoms with Crippen LogP contribution in [0.25, 0.3) is 0 Å². The molecule has 31 heavy (non-hydrogen) atoms. The van der Waals surface area contributed by atoms with Crippen molar-refractivity contribution in [2.45, 2.75) is 47.1 Å². The van der Waals surface area contributed by atoms with Crippen molar-refractivity contribution in [1.82, 2.24) is 4.57 Å². The first-order chi connectivity index (χ1) is 14.8. The fraction of sp³-hybridized carbons (Fsp3) is 0.280. The zero-order valence-corrected chi connectivity index (χ0v) is 18.9. The normalized spacial score (nSPS) is 10.9. The summed E-state index contributed by atoms with van der Waals surface area (Å²) in [6, 6.07) is 13.0. The molecule has 0 atom stereocenters. The first kappa shape index (κ1) is 22.8. The highest BCUT2D eigenvalue weighted by atomic mass is 35.5. The van der Waals surface area contributed by atoms with Crippen LogP contribution < -0.4 is 10.7 Å². The first-order valence-corrected chi connectivity index (χ1v) is 10.7. The van der Waals surface area contributed by atoms with Crippen molar-refractivity contribution in [2.75, 3.05) is 5.32 Å². The molecule has 0 bridgehead atoms. The van der Waals surface area contributed by atoms with Gasteiger partial charge in [-0.3, -0.25) is 9.59 Å². The topological polar surface area (TPSA) is 51.1 Å². The number of nitrogens with one attached hydrogen (secondary N) is 1. The Hall–Kier alpha value is -2.92. The van der Waals surface area contributed by atoms with Gasteiger partial charge in [-0.1, -0.05) is 55.8 Å². The molecule has 0 unspecified atom stereocenters. The Morgan fingerprint density at radius 1 is 1.03 bits per heavy atom. The second-order valence-electron chi connectivity index (χ2n) is 7.52. The minimum atomic E-state index is -0.919. The molecule has 1 amide bonds. The van der Waals surface area contributed by atoms with Crippen molar-refractivity contribution in [3.8, 4) is 0 Å². The number of carbonyl (C=O) groups is 1. The van der Waals surface area contributed by atoms with E-state index in [1.165, 1.54) is 6.92 Å². The van der Waals surface area contributed by atoms with E-state index in [2.05, 4.69) is 5.32 Å². The monoisotopic (exact) mass is 440 g/mol. The number of nitrogens with zero attached hydrogens (tertiary/aromatic N) is 1. The number of anilines is 1. The van der Waals surface area contributed by atoms with Crippen molar-refractivity contribution < 1.29 is 9.18 Å². The van der Waals surface area contributed by atoms with E-state index in [1.54, 1.807) is 23.6 Å². The maximum Gasteiger partial charge on any atom is 0.261 e. The summed E-state index contributed by atoms with van der Waals surface area (Å²) in [4.78, 5) is 25.9. The number of hydrogen-bond acceptors (Lipinski definition) is 2. The zero-order chi connectivity index (χ0) is 22.7. The smallest absolute Gasteiger partial charge is 0.261 e. The standard InChI is InChI=1S/C25H26ClFN2O2/c1-5-18-10-8-11-19(6-2)23(18)28-25(31)21-15(3)29(16(4)22(27)24(21)30)14-17-9-7-12-20(26)13-17/h7-13H,5-6,14H2,1-4H3,(H,28,31). The maximum absolute atomic E-state index is 14.9. The van der Waals surface area contributed by atoms with Crippen LogP contribution in [0.3, 0.4) is 0 Å². The molecule has 3 aromatic rings. The molecule has 0 saturated carbocycles. The van der Waals surface area contributed by atoms with Crippen LogP contribution in [0.5, 0.6) is 0 Å². The number of aromatic nitrogens is 1. The number of halogens is 2. The maximum atomic E-state index is 14.9. The van der Waals surface area contributed by atoms with E-state index in [0.717, 1.165) is 29.5 Å². The Balaban J connectivity index is 2.09. The molecule has 1 N–H and O–H groups in total. The summed E-state index contributed by atoms with van der Waals surface area (Å²) in [5.41, 5.74) is 3.00. The van der Waals surface area contributed by atoms with Gasteiger partial charge in [0, 0.05) is 22.9 Å². The number of amides is 1. The first-order valence-electron chi connectivity index (χ1n) is 10.3. The predicted molar refractivity (Wildman–Crippen MR) is 124 cm³/mol.